The summed E-state index contributed by atoms with van der Waals surface area (Å²) in [5, 5.41) is 0.178. The third-order valence-electron chi connectivity index (χ3n) is 1.83. The van der Waals surface area contributed by atoms with E-state index in [4.69, 9.17) is 0 Å². The van der Waals surface area contributed by atoms with Gasteiger partial charge in [-0.3, -0.25) is 4.79 Å². The molecule has 1 rings (SSSR count). The van der Waals surface area contributed by atoms with Gasteiger partial charge in [0.1, 0.15) is 6.29 Å². The molecule has 13 heavy (non-hydrogen) atoms. The minimum absolute atomic E-state index is 0.178. The van der Waals surface area contributed by atoms with Crippen LogP contribution in [-0.2, 0) is 0 Å². The van der Waals surface area contributed by atoms with Crippen LogP contribution in [0.15, 0.2) is 24.3 Å². The lowest BCUT2D eigenvalue weighted by atomic mass is 10.1. The van der Waals surface area contributed by atoms with Gasteiger partial charge in [-0.1, -0.05) is 18.2 Å². The molecule has 0 radical (unpaired) electrons. The summed E-state index contributed by atoms with van der Waals surface area (Å²) in [5.74, 6) is 0.805. The molecule has 1 nitrogen and oxygen atoms in total. The first-order valence-electron chi connectivity index (χ1n) is 4.12. The van der Waals surface area contributed by atoms with E-state index in [1.807, 2.05) is 18.2 Å². The highest BCUT2D eigenvalue weighted by atomic mass is 32.1. The molecule has 0 saturated heterocycles. The molecule has 0 fully saturated rings. The maximum atomic E-state index is 10.5. The maximum absolute atomic E-state index is 10.5. The number of carbonyl (C=O) groups is 1. The van der Waals surface area contributed by atoms with Crippen molar-refractivity contribution in [1.82, 2.24) is 0 Å². The fourth-order valence-corrected chi connectivity index (χ4v) is 1.88. The van der Waals surface area contributed by atoms with Crippen molar-refractivity contribution in [1.29, 1.82) is 0 Å². The van der Waals surface area contributed by atoms with E-state index in [1.165, 1.54) is 0 Å². The Morgan fingerprint density at radius 1 is 1.46 bits per heavy atom. The molecule has 1 atom stereocenters. The van der Waals surface area contributed by atoms with Crippen LogP contribution in [0.3, 0.4) is 0 Å². The molecule has 70 valence electrons. The molecule has 0 aromatic heterocycles. The van der Waals surface area contributed by atoms with Gasteiger partial charge >= 0.3 is 0 Å². The normalized spacial score (nSPS) is 12.5. The molecular weight excluding hydrogens is 200 g/mol. The van der Waals surface area contributed by atoms with Gasteiger partial charge < -0.3 is 0 Å². The second-order valence-electron chi connectivity index (χ2n) is 2.82. The highest BCUT2D eigenvalue weighted by molar-refractivity contribution is 7.81. The van der Waals surface area contributed by atoms with Gasteiger partial charge in [0.05, 0.1) is 0 Å². The lowest BCUT2D eigenvalue weighted by Crippen LogP contribution is -1.92. The third kappa shape index (κ3) is 3.08. The number of aldehydes is 1. The van der Waals surface area contributed by atoms with Gasteiger partial charge in [-0.25, -0.2) is 0 Å². The number of benzene rings is 1. The van der Waals surface area contributed by atoms with Gasteiger partial charge in [-0.2, -0.15) is 25.3 Å². The first-order chi connectivity index (χ1) is 6.27. The van der Waals surface area contributed by atoms with E-state index in [0.717, 1.165) is 24.0 Å². The van der Waals surface area contributed by atoms with Gasteiger partial charge in [0.15, 0.2) is 0 Å². The molecular formula is C10H12OS2. The molecule has 3 heteroatoms. The zero-order chi connectivity index (χ0) is 9.68. The zero-order valence-corrected chi connectivity index (χ0v) is 8.97. The predicted octanol–water partition coefficient (Wildman–Crippen LogP) is 2.79. The molecule has 0 spiro atoms. The second kappa shape index (κ2) is 5.35. The van der Waals surface area contributed by atoms with E-state index in [1.54, 1.807) is 6.07 Å². The van der Waals surface area contributed by atoms with E-state index >= 15 is 0 Å². The lowest BCUT2D eigenvalue weighted by Gasteiger charge is -2.09. The molecule has 0 aliphatic carbocycles. The van der Waals surface area contributed by atoms with Gasteiger partial charge in [-0.05, 0) is 23.8 Å². The molecule has 1 unspecified atom stereocenters. The minimum atomic E-state index is 0.178. The molecule has 0 aliphatic rings. The number of rotatable bonds is 4. The van der Waals surface area contributed by atoms with Crippen LogP contribution in [0.4, 0.5) is 0 Å². The van der Waals surface area contributed by atoms with Gasteiger partial charge in [0.25, 0.3) is 0 Å². The first-order valence-corrected chi connectivity index (χ1v) is 5.27. The van der Waals surface area contributed by atoms with Crippen molar-refractivity contribution in [2.24, 2.45) is 0 Å². The van der Waals surface area contributed by atoms with Crippen molar-refractivity contribution in [2.45, 2.75) is 11.7 Å². The number of hydrogen-bond acceptors (Lipinski definition) is 3. The first kappa shape index (κ1) is 10.7. The standard InChI is InChI=1S/C10H12OS2/c11-7-8-2-1-3-9(6-8)10(13)4-5-12/h1-3,6-7,10,12-13H,4-5H2. The van der Waals surface area contributed by atoms with Crippen LogP contribution in [0, 0.1) is 0 Å². The molecule has 0 bridgehead atoms. The third-order valence-corrected chi connectivity index (χ3v) is 2.65. The van der Waals surface area contributed by atoms with E-state index in [9.17, 15) is 4.79 Å². The smallest absolute Gasteiger partial charge is 0.150 e. The molecule has 0 saturated carbocycles. The summed E-state index contributed by atoms with van der Waals surface area (Å²) in [6.45, 7) is 0. The van der Waals surface area contributed by atoms with Crippen molar-refractivity contribution in [3.05, 3.63) is 35.4 Å². The summed E-state index contributed by atoms with van der Waals surface area (Å²) in [7, 11) is 0. The largest absolute Gasteiger partial charge is 0.298 e. The molecule has 1 aromatic rings. The molecule has 0 heterocycles. The van der Waals surface area contributed by atoms with Crippen molar-refractivity contribution in [2.75, 3.05) is 5.75 Å². The Bertz CT molecular complexity index is 286. The molecule has 0 aliphatic heterocycles. The van der Waals surface area contributed by atoms with E-state index in [2.05, 4.69) is 25.3 Å². The van der Waals surface area contributed by atoms with Crippen LogP contribution >= 0.6 is 25.3 Å². The Morgan fingerprint density at radius 3 is 2.85 bits per heavy atom. The van der Waals surface area contributed by atoms with Crippen LogP contribution in [-0.4, -0.2) is 12.0 Å². The minimum Gasteiger partial charge on any atom is -0.298 e. The van der Waals surface area contributed by atoms with E-state index in [0.29, 0.717) is 5.56 Å². The summed E-state index contributed by atoms with van der Waals surface area (Å²) < 4.78 is 0. The van der Waals surface area contributed by atoms with Gasteiger partial charge in [0, 0.05) is 10.8 Å². The number of thiol groups is 2. The molecule has 0 amide bonds. The maximum Gasteiger partial charge on any atom is 0.150 e. The molecule has 1 aromatic carbocycles. The highest BCUT2D eigenvalue weighted by Gasteiger charge is 2.05. The quantitative estimate of drug-likeness (QED) is 0.580. The summed E-state index contributed by atoms with van der Waals surface area (Å²) >= 11 is 8.56. The average molecular weight is 212 g/mol. The monoisotopic (exact) mass is 212 g/mol. The SMILES string of the molecule is O=Cc1cccc(C(S)CCS)c1. The predicted molar refractivity (Wildman–Crippen MR) is 62.0 cm³/mol. The van der Waals surface area contributed by atoms with Crippen LogP contribution in [0.2, 0.25) is 0 Å². The Balaban J connectivity index is 2.81. The Kier molecular flexibility index (Phi) is 4.39. The van der Waals surface area contributed by atoms with E-state index in [-0.39, 0.29) is 5.25 Å². The number of carbonyl (C=O) groups excluding carboxylic acids is 1. The van der Waals surface area contributed by atoms with Crippen molar-refractivity contribution < 1.29 is 4.79 Å². The zero-order valence-electron chi connectivity index (χ0n) is 7.18. The summed E-state index contributed by atoms with van der Waals surface area (Å²) in [4.78, 5) is 10.5. The van der Waals surface area contributed by atoms with Gasteiger partial charge in [0.2, 0.25) is 0 Å². The Labute approximate surface area is 89.4 Å². The summed E-state index contributed by atoms with van der Waals surface area (Å²) in [5.41, 5.74) is 1.79. The van der Waals surface area contributed by atoms with Crippen LogP contribution < -0.4 is 0 Å². The van der Waals surface area contributed by atoms with Crippen LogP contribution in [0.5, 0.6) is 0 Å². The summed E-state index contributed by atoms with van der Waals surface area (Å²) in [6, 6.07) is 7.51. The van der Waals surface area contributed by atoms with Crippen LogP contribution in [0.1, 0.15) is 27.6 Å². The van der Waals surface area contributed by atoms with Crippen molar-refractivity contribution in [3.63, 3.8) is 0 Å². The fourth-order valence-electron chi connectivity index (χ4n) is 1.13. The summed E-state index contributed by atoms with van der Waals surface area (Å²) in [6.07, 6.45) is 1.76. The Hall–Kier alpha value is -0.410. The fraction of sp³-hybridized carbons (Fsp3) is 0.300. The number of hydrogen-bond donors (Lipinski definition) is 2. The molecule has 0 N–H and O–H groups in total. The van der Waals surface area contributed by atoms with Crippen molar-refractivity contribution in [3.8, 4) is 0 Å². The van der Waals surface area contributed by atoms with Gasteiger partial charge in [-0.15, -0.1) is 0 Å². The lowest BCUT2D eigenvalue weighted by molar-refractivity contribution is 0.112. The highest BCUT2D eigenvalue weighted by Crippen LogP contribution is 2.24. The van der Waals surface area contributed by atoms with Crippen molar-refractivity contribution >= 4 is 31.5 Å². The van der Waals surface area contributed by atoms with E-state index < -0.39 is 0 Å². The topological polar surface area (TPSA) is 17.1 Å². The second-order valence-corrected chi connectivity index (χ2v) is 3.89. The van der Waals surface area contributed by atoms with Crippen LogP contribution in [0.25, 0.3) is 0 Å². The Morgan fingerprint density at radius 2 is 2.23 bits per heavy atom. The average Bonchev–Trinajstić information content (AvgIpc) is 2.18.